The Morgan fingerprint density at radius 1 is 0.824 bits per heavy atom. The molecule has 4 atom stereocenters. The zero-order chi connectivity index (χ0) is 26.6. The van der Waals surface area contributed by atoms with Crippen molar-refractivity contribution >= 4 is 35.6 Å². The van der Waals surface area contributed by atoms with E-state index in [1.165, 1.54) is 0 Å². The van der Waals surface area contributed by atoms with Gasteiger partial charge in [0.15, 0.2) is 5.96 Å². The highest BCUT2D eigenvalue weighted by molar-refractivity contribution is 5.94. The van der Waals surface area contributed by atoms with Gasteiger partial charge in [-0.15, -0.1) is 0 Å². The van der Waals surface area contributed by atoms with Crippen LogP contribution in [0.4, 0.5) is 0 Å². The number of carboxylic acid groups (broad SMARTS) is 2. The average molecular weight is 488 g/mol. The van der Waals surface area contributed by atoms with Crippen LogP contribution in [0.2, 0.25) is 0 Å². The van der Waals surface area contributed by atoms with Crippen LogP contribution in [0.15, 0.2) is 4.99 Å². The summed E-state index contributed by atoms with van der Waals surface area (Å²) in [4.78, 5) is 64.0. The fourth-order valence-corrected chi connectivity index (χ4v) is 2.88. The molecule has 0 saturated heterocycles. The lowest BCUT2D eigenvalue weighted by Gasteiger charge is -2.27. The Balaban J connectivity index is 5.54. The molecule has 14 nitrogen and oxygen atoms in total. The fraction of sp³-hybridized carbons (Fsp3) is 0.700. The molecule has 0 aliphatic carbocycles. The zero-order valence-corrected chi connectivity index (χ0v) is 19.9. The summed E-state index contributed by atoms with van der Waals surface area (Å²) in [5.41, 5.74) is 16.1. The normalized spacial score (nSPS) is 14.4. The van der Waals surface area contributed by atoms with Gasteiger partial charge >= 0.3 is 11.9 Å². The Morgan fingerprint density at radius 3 is 1.79 bits per heavy atom. The van der Waals surface area contributed by atoms with Crippen LogP contribution in [0.1, 0.15) is 47.0 Å². The monoisotopic (exact) mass is 487 g/mol. The number of rotatable bonds is 15. The summed E-state index contributed by atoms with van der Waals surface area (Å²) in [5.74, 6) is -5.76. The van der Waals surface area contributed by atoms with E-state index in [1.54, 1.807) is 27.7 Å². The Hall–Kier alpha value is -3.42. The third-order valence-electron chi connectivity index (χ3n) is 4.79. The molecule has 0 radical (unpaired) electrons. The van der Waals surface area contributed by atoms with E-state index >= 15 is 0 Å². The number of nitrogens with one attached hydrogen (secondary N) is 3. The van der Waals surface area contributed by atoms with E-state index in [0.29, 0.717) is 0 Å². The van der Waals surface area contributed by atoms with Gasteiger partial charge in [0, 0.05) is 6.54 Å². The maximum atomic E-state index is 13.0. The third-order valence-corrected chi connectivity index (χ3v) is 4.79. The SMILES string of the molecule is CC(C)C(NC(=O)C(NC(=O)C(CCCN=C(N)N)NC(=O)C(N)CC(=O)O)C(C)C)C(=O)O. The van der Waals surface area contributed by atoms with Crippen LogP contribution >= 0.6 is 0 Å². The summed E-state index contributed by atoms with van der Waals surface area (Å²) in [7, 11) is 0. The van der Waals surface area contributed by atoms with E-state index in [0.717, 1.165) is 0 Å². The van der Waals surface area contributed by atoms with E-state index in [1.807, 2.05) is 0 Å². The van der Waals surface area contributed by atoms with Crippen molar-refractivity contribution < 1.29 is 34.2 Å². The van der Waals surface area contributed by atoms with Gasteiger partial charge in [-0.25, -0.2) is 4.79 Å². The highest BCUT2D eigenvalue weighted by Crippen LogP contribution is 2.08. The first kappa shape index (κ1) is 30.6. The van der Waals surface area contributed by atoms with Crippen LogP contribution in [-0.4, -0.2) is 76.5 Å². The van der Waals surface area contributed by atoms with Gasteiger partial charge in [-0.2, -0.15) is 0 Å². The maximum absolute atomic E-state index is 13.0. The van der Waals surface area contributed by atoms with Crippen molar-refractivity contribution in [2.75, 3.05) is 6.54 Å². The molecule has 11 N–H and O–H groups in total. The molecule has 0 bridgehead atoms. The fourth-order valence-electron chi connectivity index (χ4n) is 2.88. The first-order valence-corrected chi connectivity index (χ1v) is 10.8. The van der Waals surface area contributed by atoms with Gasteiger partial charge < -0.3 is 43.4 Å². The second-order valence-electron chi connectivity index (χ2n) is 8.51. The molecule has 0 aromatic carbocycles. The van der Waals surface area contributed by atoms with E-state index in [2.05, 4.69) is 20.9 Å². The summed E-state index contributed by atoms with van der Waals surface area (Å²) >= 11 is 0. The molecule has 34 heavy (non-hydrogen) atoms. The molecular formula is C20H37N7O7. The number of carboxylic acids is 2. The number of nitrogens with two attached hydrogens (primary N) is 3. The lowest BCUT2D eigenvalue weighted by Crippen LogP contribution is -2.59. The van der Waals surface area contributed by atoms with Crippen LogP contribution in [0, 0.1) is 11.8 Å². The molecule has 194 valence electrons. The number of aliphatic carboxylic acids is 2. The highest BCUT2D eigenvalue weighted by atomic mass is 16.4. The Kier molecular flexibility index (Phi) is 13.2. The topological polar surface area (TPSA) is 252 Å². The molecule has 0 aromatic heterocycles. The van der Waals surface area contributed by atoms with Crippen LogP contribution in [0.5, 0.6) is 0 Å². The number of nitrogens with zero attached hydrogens (tertiary/aromatic N) is 1. The minimum absolute atomic E-state index is 0.0598. The van der Waals surface area contributed by atoms with Gasteiger partial charge in [-0.3, -0.25) is 24.2 Å². The average Bonchev–Trinajstić information content (AvgIpc) is 2.70. The lowest BCUT2D eigenvalue weighted by atomic mass is 9.99. The molecule has 0 spiro atoms. The second-order valence-corrected chi connectivity index (χ2v) is 8.51. The molecule has 0 saturated carbocycles. The van der Waals surface area contributed by atoms with Crippen molar-refractivity contribution in [2.24, 2.45) is 34.0 Å². The van der Waals surface area contributed by atoms with Crippen molar-refractivity contribution in [3.63, 3.8) is 0 Å². The number of carbonyl (C=O) groups is 5. The first-order chi connectivity index (χ1) is 15.7. The minimum atomic E-state index is -1.39. The van der Waals surface area contributed by atoms with Crippen LogP contribution in [0.25, 0.3) is 0 Å². The molecule has 0 aliphatic heterocycles. The van der Waals surface area contributed by atoms with Gasteiger partial charge in [-0.1, -0.05) is 27.7 Å². The Labute approximate surface area is 198 Å². The quantitative estimate of drug-likeness (QED) is 0.0695. The summed E-state index contributed by atoms with van der Waals surface area (Å²) in [6.45, 7) is 6.73. The van der Waals surface area contributed by atoms with Crippen molar-refractivity contribution in [2.45, 2.75) is 71.1 Å². The minimum Gasteiger partial charge on any atom is -0.481 e. The number of hydrogen-bond donors (Lipinski definition) is 8. The Morgan fingerprint density at radius 2 is 1.35 bits per heavy atom. The molecule has 0 aromatic rings. The van der Waals surface area contributed by atoms with Crippen LogP contribution < -0.4 is 33.2 Å². The number of amides is 3. The summed E-state index contributed by atoms with van der Waals surface area (Å²) in [6.07, 6.45) is -0.307. The summed E-state index contributed by atoms with van der Waals surface area (Å²) < 4.78 is 0. The standard InChI is InChI=1S/C20H37N7O7/c1-9(2)14(18(32)27-15(10(3)4)19(33)34)26-17(31)12(6-5-7-24-20(22)23)25-16(30)11(21)8-13(28)29/h9-12,14-15H,5-8,21H2,1-4H3,(H,25,30)(H,26,31)(H,27,32)(H,28,29)(H,33,34)(H4,22,23,24). The van der Waals surface area contributed by atoms with E-state index in [4.69, 9.17) is 22.3 Å². The molecular weight excluding hydrogens is 450 g/mol. The van der Waals surface area contributed by atoms with Crippen LogP contribution in [-0.2, 0) is 24.0 Å². The Bertz CT molecular complexity index is 766. The highest BCUT2D eigenvalue weighted by Gasteiger charge is 2.32. The number of hydrogen-bond acceptors (Lipinski definition) is 7. The van der Waals surface area contributed by atoms with E-state index in [9.17, 15) is 29.1 Å². The van der Waals surface area contributed by atoms with Gasteiger partial charge in [0.1, 0.15) is 18.1 Å². The predicted molar refractivity (Wildman–Crippen MR) is 123 cm³/mol. The van der Waals surface area contributed by atoms with Crippen molar-refractivity contribution in [1.82, 2.24) is 16.0 Å². The van der Waals surface area contributed by atoms with Gasteiger partial charge in [-0.05, 0) is 24.7 Å². The predicted octanol–water partition coefficient (Wildman–Crippen LogP) is -2.31. The lowest BCUT2D eigenvalue weighted by molar-refractivity contribution is -0.143. The van der Waals surface area contributed by atoms with E-state index in [-0.39, 0.29) is 25.3 Å². The molecule has 0 heterocycles. The van der Waals surface area contributed by atoms with Gasteiger partial charge in [0.05, 0.1) is 12.5 Å². The third kappa shape index (κ3) is 11.4. The van der Waals surface area contributed by atoms with Gasteiger partial charge in [0.25, 0.3) is 0 Å². The molecule has 0 rings (SSSR count). The molecule has 4 unspecified atom stereocenters. The van der Waals surface area contributed by atoms with Crippen molar-refractivity contribution in [3.05, 3.63) is 0 Å². The molecule has 3 amide bonds. The van der Waals surface area contributed by atoms with Crippen molar-refractivity contribution in [3.8, 4) is 0 Å². The molecule has 0 fully saturated rings. The van der Waals surface area contributed by atoms with E-state index < -0.39 is 72.1 Å². The summed E-state index contributed by atoms with van der Waals surface area (Å²) in [5, 5.41) is 25.5. The zero-order valence-electron chi connectivity index (χ0n) is 19.9. The maximum Gasteiger partial charge on any atom is 0.326 e. The molecule has 0 aliphatic rings. The van der Waals surface area contributed by atoms with Crippen LogP contribution in [0.3, 0.4) is 0 Å². The first-order valence-electron chi connectivity index (χ1n) is 10.8. The number of carbonyl (C=O) groups excluding carboxylic acids is 3. The second kappa shape index (κ2) is 14.7. The van der Waals surface area contributed by atoms with Crippen molar-refractivity contribution in [1.29, 1.82) is 0 Å². The summed E-state index contributed by atoms with van der Waals surface area (Å²) in [6, 6.07) is -4.82. The molecule has 14 heteroatoms. The number of guanidine groups is 1. The smallest absolute Gasteiger partial charge is 0.326 e. The largest absolute Gasteiger partial charge is 0.481 e. The van der Waals surface area contributed by atoms with Gasteiger partial charge in [0.2, 0.25) is 17.7 Å². The number of aliphatic imine (C=N–C) groups is 1.